The quantitative estimate of drug-likeness (QED) is 0.478. The van der Waals surface area contributed by atoms with Crippen LogP contribution in [0.4, 0.5) is 5.69 Å². The third-order valence-corrected chi connectivity index (χ3v) is 5.38. The van der Waals surface area contributed by atoms with E-state index in [0.717, 1.165) is 17.8 Å². The van der Waals surface area contributed by atoms with Crippen LogP contribution in [0, 0.1) is 0 Å². The first-order valence-electron chi connectivity index (χ1n) is 9.35. The summed E-state index contributed by atoms with van der Waals surface area (Å²) >= 11 is 0. The zero-order valence-corrected chi connectivity index (χ0v) is 15.0. The molecule has 3 nitrogen and oxygen atoms in total. The van der Waals surface area contributed by atoms with Crippen molar-refractivity contribution in [2.24, 2.45) is 0 Å². The molecule has 5 rings (SSSR count). The third-order valence-electron chi connectivity index (χ3n) is 5.38. The minimum absolute atomic E-state index is 0.0646. The number of carbonyl (C=O) groups excluding carboxylic acids is 1. The molecule has 3 heteroatoms. The molecule has 2 heterocycles. The minimum atomic E-state index is 0.0646. The van der Waals surface area contributed by atoms with Crippen LogP contribution in [0.3, 0.4) is 0 Å². The highest BCUT2D eigenvalue weighted by atomic mass is 16.2. The van der Waals surface area contributed by atoms with E-state index in [1.54, 1.807) is 0 Å². The fourth-order valence-electron chi connectivity index (χ4n) is 4.16. The topological polar surface area (TPSA) is 25.2 Å². The van der Waals surface area contributed by atoms with E-state index in [2.05, 4.69) is 59.3 Å². The number of fused-ring (bicyclic) bond motifs is 1. The molecule has 1 saturated heterocycles. The lowest BCUT2D eigenvalue weighted by molar-refractivity contribution is -0.117. The van der Waals surface area contributed by atoms with Crippen LogP contribution in [0.15, 0.2) is 91.1 Å². The first-order chi connectivity index (χ1) is 13.3. The molecule has 0 bridgehead atoms. The van der Waals surface area contributed by atoms with Crippen molar-refractivity contribution < 1.29 is 4.79 Å². The molecule has 1 amide bonds. The van der Waals surface area contributed by atoms with E-state index < -0.39 is 0 Å². The highest BCUT2D eigenvalue weighted by Gasteiger charge is 2.35. The van der Waals surface area contributed by atoms with Gasteiger partial charge in [-0.25, -0.2) is 0 Å². The summed E-state index contributed by atoms with van der Waals surface area (Å²) in [6.45, 7) is 0. The molecule has 0 saturated carbocycles. The molecule has 4 aromatic rings. The predicted molar refractivity (Wildman–Crippen MR) is 109 cm³/mol. The highest BCUT2D eigenvalue weighted by molar-refractivity contribution is 5.98. The maximum atomic E-state index is 12.7. The molecule has 3 aromatic carbocycles. The Morgan fingerprint density at radius 1 is 0.741 bits per heavy atom. The number of hydrogen-bond acceptors (Lipinski definition) is 1. The summed E-state index contributed by atoms with van der Waals surface area (Å²) in [5.41, 5.74) is 4.49. The number of aromatic nitrogens is 1. The fraction of sp³-hybridized carbons (Fsp3) is 0.125. The van der Waals surface area contributed by atoms with Crippen molar-refractivity contribution in [1.82, 2.24) is 4.57 Å². The van der Waals surface area contributed by atoms with Crippen LogP contribution in [-0.4, -0.2) is 10.5 Å². The molecule has 1 unspecified atom stereocenters. The Kier molecular flexibility index (Phi) is 3.79. The Balaban J connectivity index is 1.68. The van der Waals surface area contributed by atoms with Gasteiger partial charge in [-0.1, -0.05) is 54.6 Å². The summed E-state index contributed by atoms with van der Waals surface area (Å²) in [5, 5.41) is 1.21. The number of para-hydroxylation sites is 3. The van der Waals surface area contributed by atoms with Crippen molar-refractivity contribution in [3.63, 3.8) is 0 Å². The fourth-order valence-corrected chi connectivity index (χ4v) is 4.16. The molecule has 0 radical (unpaired) electrons. The molecule has 132 valence electrons. The maximum Gasteiger partial charge on any atom is 0.227 e. The number of rotatable bonds is 3. The van der Waals surface area contributed by atoms with E-state index in [9.17, 15) is 4.79 Å². The third kappa shape index (κ3) is 2.63. The summed E-state index contributed by atoms with van der Waals surface area (Å²) in [7, 11) is 0. The molecule has 1 aromatic heterocycles. The van der Waals surface area contributed by atoms with E-state index in [-0.39, 0.29) is 11.9 Å². The SMILES string of the molecule is O=C1CCC(c2cn(-c3ccccc3)c3ccccc23)N1c1ccccc1. The van der Waals surface area contributed by atoms with Gasteiger partial charge in [0, 0.05) is 34.9 Å². The lowest BCUT2D eigenvalue weighted by Gasteiger charge is -2.24. The van der Waals surface area contributed by atoms with Crippen LogP contribution in [0.2, 0.25) is 0 Å². The smallest absolute Gasteiger partial charge is 0.227 e. The number of hydrogen-bond donors (Lipinski definition) is 0. The monoisotopic (exact) mass is 352 g/mol. The van der Waals surface area contributed by atoms with E-state index in [4.69, 9.17) is 0 Å². The summed E-state index contributed by atoms with van der Waals surface area (Å²) in [6.07, 6.45) is 3.64. The van der Waals surface area contributed by atoms with Crippen LogP contribution in [0.25, 0.3) is 16.6 Å². The lowest BCUT2D eigenvalue weighted by atomic mass is 10.0. The van der Waals surface area contributed by atoms with Gasteiger partial charge >= 0.3 is 0 Å². The Hall–Kier alpha value is -3.33. The Labute approximate surface area is 158 Å². The molecule has 1 aliphatic heterocycles. The van der Waals surface area contributed by atoms with Crippen LogP contribution in [0.1, 0.15) is 24.4 Å². The van der Waals surface area contributed by atoms with Crippen molar-refractivity contribution in [3.05, 3.63) is 96.7 Å². The maximum absolute atomic E-state index is 12.7. The van der Waals surface area contributed by atoms with Crippen molar-refractivity contribution in [2.45, 2.75) is 18.9 Å². The zero-order valence-electron chi connectivity index (χ0n) is 15.0. The molecule has 0 aliphatic carbocycles. The normalized spacial score (nSPS) is 17.0. The zero-order chi connectivity index (χ0) is 18.2. The van der Waals surface area contributed by atoms with Crippen LogP contribution < -0.4 is 4.90 Å². The largest absolute Gasteiger partial charge is 0.316 e. The van der Waals surface area contributed by atoms with E-state index in [1.807, 2.05) is 41.3 Å². The highest BCUT2D eigenvalue weighted by Crippen LogP contribution is 2.40. The average molecular weight is 352 g/mol. The molecule has 27 heavy (non-hydrogen) atoms. The Morgan fingerprint density at radius 3 is 2.11 bits per heavy atom. The Bertz CT molecular complexity index is 1100. The number of anilines is 1. The van der Waals surface area contributed by atoms with Gasteiger partial charge in [0.05, 0.1) is 11.6 Å². The van der Waals surface area contributed by atoms with Gasteiger partial charge in [-0.2, -0.15) is 0 Å². The summed E-state index contributed by atoms with van der Waals surface area (Å²) in [6, 6.07) is 28.9. The molecule has 1 fully saturated rings. The van der Waals surface area contributed by atoms with Crippen molar-refractivity contribution in [1.29, 1.82) is 0 Å². The number of benzene rings is 3. The summed E-state index contributed by atoms with van der Waals surface area (Å²) in [4.78, 5) is 14.7. The summed E-state index contributed by atoms with van der Waals surface area (Å²) < 4.78 is 2.23. The van der Waals surface area contributed by atoms with Crippen molar-refractivity contribution >= 4 is 22.5 Å². The molecule has 0 N–H and O–H groups in total. The van der Waals surface area contributed by atoms with E-state index in [1.165, 1.54) is 16.5 Å². The average Bonchev–Trinajstić information content (AvgIpc) is 3.30. The molecule has 1 atom stereocenters. The van der Waals surface area contributed by atoms with Gasteiger partial charge < -0.3 is 9.47 Å². The lowest BCUT2D eigenvalue weighted by Crippen LogP contribution is -2.27. The van der Waals surface area contributed by atoms with Crippen LogP contribution in [-0.2, 0) is 4.79 Å². The predicted octanol–water partition coefficient (Wildman–Crippen LogP) is 5.50. The molecular weight excluding hydrogens is 332 g/mol. The second-order valence-electron chi connectivity index (χ2n) is 6.96. The van der Waals surface area contributed by atoms with Gasteiger partial charge in [0.15, 0.2) is 0 Å². The second kappa shape index (κ2) is 6.44. The molecule has 1 aliphatic rings. The molecule has 0 spiro atoms. The molecular formula is C24H20N2O. The van der Waals surface area contributed by atoms with Gasteiger partial charge in [0.2, 0.25) is 5.91 Å². The van der Waals surface area contributed by atoms with Gasteiger partial charge in [-0.15, -0.1) is 0 Å². The van der Waals surface area contributed by atoms with Crippen LogP contribution in [0.5, 0.6) is 0 Å². The van der Waals surface area contributed by atoms with E-state index in [0.29, 0.717) is 6.42 Å². The van der Waals surface area contributed by atoms with E-state index >= 15 is 0 Å². The van der Waals surface area contributed by atoms with Gasteiger partial charge in [0.1, 0.15) is 0 Å². The summed E-state index contributed by atoms with van der Waals surface area (Å²) in [5.74, 6) is 0.197. The van der Waals surface area contributed by atoms with Gasteiger partial charge in [-0.05, 0) is 36.8 Å². The van der Waals surface area contributed by atoms with Gasteiger partial charge in [0.25, 0.3) is 0 Å². The minimum Gasteiger partial charge on any atom is -0.316 e. The standard InChI is InChI=1S/C24H20N2O/c27-24-16-15-23(26(24)19-11-5-2-6-12-19)21-17-25(18-9-3-1-4-10-18)22-14-8-7-13-20(21)22/h1-14,17,23H,15-16H2. The van der Waals surface area contributed by atoms with Crippen LogP contribution >= 0.6 is 0 Å². The van der Waals surface area contributed by atoms with Crippen molar-refractivity contribution in [2.75, 3.05) is 4.90 Å². The Morgan fingerprint density at radius 2 is 1.37 bits per heavy atom. The second-order valence-corrected chi connectivity index (χ2v) is 6.96. The number of nitrogens with zero attached hydrogens (tertiary/aromatic N) is 2. The number of amides is 1. The number of carbonyl (C=O) groups is 1. The first-order valence-corrected chi connectivity index (χ1v) is 9.35. The van der Waals surface area contributed by atoms with Crippen molar-refractivity contribution in [3.8, 4) is 5.69 Å². The van der Waals surface area contributed by atoms with Gasteiger partial charge in [-0.3, -0.25) is 4.79 Å². The first kappa shape index (κ1) is 15.9.